The fourth-order valence-electron chi connectivity index (χ4n) is 5.58. The van der Waals surface area contributed by atoms with Crippen LogP contribution in [0.4, 0.5) is 0 Å². The summed E-state index contributed by atoms with van der Waals surface area (Å²) in [5.74, 6) is 0.0627. The number of amides is 1. The minimum atomic E-state index is -0.627. The molecule has 2 aromatic heterocycles. The highest BCUT2D eigenvalue weighted by molar-refractivity contribution is 6.00. The summed E-state index contributed by atoms with van der Waals surface area (Å²) < 4.78 is 11.3. The fourth-order valence-corrected chi connectivity index (χ4v) is 5.58. The number of carbonyl (C=O) groups is 1. The summed E-state index contributed by atoms with van der Waals surface area (Å²) in [6.07, 6.45) is 6.29. The van der Waals surface area contributed by atoms with Gasteiger partial charge < -0.3 is 18.8 Å². The molecular weight excluding hydrogens is 394 g/mol. The van der Waals surface area contributed by atoms with E-state index in [0.29, 0.717) is 30.7 Å². The number of fused-ring (bicyclic) bond motifs is 3. The van der Waals surface area contributed by atoms with Crippen LogP contribution in [0.5, 0.6) is 0 Å². The number of hydrogen-bond donors (Lipinski definition) is 1. The smallest absolute Gasteiger partial charge is 0.340 e. The van der Waals surface area contributed by atoms with E-state index in [-0.39, 0.29) is 18.2 Å². The molecule has 0 unspecified atom stereocenters. The van der Waals surface area contributed by atoms with Gasteiger partial charge in [-0.15, -0.1) is 0 Å². The lowest BCUT2D eigenvalue weighted by atomic mass is 9.71. The van der Waals surface area contributed by atoms with Crippen LogP contribution in [0, 0.1) is 26.7 Å². The van der Waals surface area contributed by atoms with Gasteiger partial charge in [-0.05, 0) is 57.2 Å². The molecule has 6 heteroatoms. The van der Waals surface area contributed by atoms with Crippen molar-refractivity contribution in [3.63, 3.8) is 0 Å². The molecule has 1 aromatic carbocycles. The first-order chi connectivity index (χ1) is 14.8. The third-order valence-electron chi connectivity index (χ3n) is 7.64. The van der Waals surface area contributed by atoms with Crippen LogP contribution >= 0.6 is 0 Å². The zero-order valence-electron chi connectivity index (χ0n) is 18.4. The van der Waals surface area contributed by atoms with Gasteiger partial charge in [0.1, 0.15) is 11.2 Å². The number of hydrogen-bond acceptors (Lipinski definition) is 5. The van der Waals surface area contributed by atoms with E-state index in [9.17, 15) is 14.7 Å². The highest BCUT2D eigenvalue weighted by Crippen LogP contribution is 2.40. The lowest BCUT2D eigenvalue weighted by molar-refractivity contribution is -0.142. The molecule has 5 rings (SSSR count). The van der Waals surface area contributed by atoms with Crippen LogP contribution in [0.25, 0.3) is 21.9 Å². The van der Waals surface area contributed by atoms with Gasteiger partial charge in [-0.25, -0.2) is 4.79 Å². The molecule has 6 nitrogen and oxygen atoms in total. The topological polar surface area (TPSA) is 83.9 Å². The van der Waals surface area contributed by atoms with Gasteiger partial charge >= 0.3 is 5.63 Å². The number of likely N-dealkylation sites (tertiary alicyclic amines) is 1. The average Bonchev–Trinajstić information content (AvgIpc) is 3.12. The lowest BCUT2D eigenvalue weighted by Crippen LogP contribution is -2.55. The molecule has 164 valence electrons. The molecule has 1 N–H and O–H groups in total. The second kappa shape index (κ2) is 7.23. The van der Waals surface area contributed by atoms with Crippen LogP contribution in [-0.2, 0) is 11.2 Å². The Morgan fingerprint density at radius 3 is 2.77 bits per heavy atom. The molecule has 2 atom stereocenters. The first-order valence-corrected chi connectivity index (χ1v) is 11.2. The third kappa shape index (κ3) is 3.19. The van der Waals surface area contributed by atoms with Gasteiger partial charge in [0.05, 0.1) is 23.8 Å². The maximum Gasteiger partial charge on any atom is 0.340 e. The van der Waals surface area contributed by atoms with E-state index >= 15 is 0 Å². The van der Waals surface area contributed by atoms with Crippen molar-refractivity contribution in [2.24, 2.45) is 5.92 Å². The maximum absolute atomic E-state index is 13.1. The van der Waals surface area contributed by atoms with Crippen LogP contribution < -0.4 is 5.63 Å². The van der Waals surface area contributed by atoms with E-state index in [1.807, 2.05) is 31.7 Å². The summed E-state index contributed by atoms with van der Waals surface area (Å²) in [6, 6.07) is 1.99. The van der Waals surface area contributed by atoms with Gasteiger partial charge in [-0.3, -0.25) is 4.79 Å². The van der Waals surface area contributed by atoms with Crippen LogP contribution in [0.2, 0.25) is 0 Å². The molecular formula is C25H29NO5. The zero-order valence-corrected chi connectivity index (χ0v) is 18.4. The normalized spacial score (nSPS) is 24.0. The van der Waals surface area contributed by atoms with E-state index in [1.54, 1.807) is 6.26 Å². The number of nitrogens with zero attached hydrogens (tertiary/aromatic N) is 1. The molecule has 1 amide bonds. The van der Waals surface area contributed by atoms with E-state index in [1.165, 1.54) is 0 Å². The van der Waals surface area contributed by atoms with Gasteiger partial charge in [-0.1, -0.05) is 12.8 Å². The second-order valence-electron chi connectivity index (χ2n) is 9.48. The highest BCUT2D eigenvalue weighted by Gasteiger charge is 2.43. The number of piperidine rings is 1. The summed E-state index contributed by atoms with van der Waals surface area (Å²) in [4.78, 5) is 27.8. The Kier molecular flexibility index (Phi) is 4.74. The molecule has 0 bridgehead atoms. The van der Waals surface area contributed by atoms with Crippen molar-refractivity contribution < 1.29 is 18.7 Å². The largest absolute Gasteiger partial charge is 0.464 e. The van der Waals surface area contributed by atoms with Crippen molar-refractivity contribution in [1.29, 1.82) is 0 Å². The second-order valence-corrected chi connectivity index (χ2v) is 9.48. The van der Waals surface area contributed by atoms with Gasteiger partial charge in [-0.2, -0.15) is 0 Å². The van der Waals surface area contributed by atoms with Gasteiger partial charge in [0.2, 0.25) is 5.91 Å². The predicted molar refractivity (Wildman–Crippen MR) is 118 cm³/mol. The Bertz CT molecular complexity index is 1250. The van der Waals surface area contributed by atoms with Crippen LogP contribution in [0.3, 0.4) is 0 Å². The highest BCUT2D eigenvalue weighted by atomic mass is 16.4. The number of rotatable bonds is 2. The minimum absolute atomic E-state index is 0.0245. The monoisotopic (exact) mass is 423 g/mol. The van der Waals surface area contributed by atoms with Crippen LogP contribution in [0.15, 0.2) is 26.0 Å². The Labute approximate surface area is 180 Å². The van der Waals surface area contributed by atoms with Crippen molar-refractivity contribution in [2.75, 3.05) is 13.1 Å². The molecule has 0 spiro atoms. The summed E-state index contributed by atoms with van der Waals surface area (Å²) in [6.45, 7) is 6.87. The quantitative estimate of drug-likeness (QED) is 0.626. The molecule has 1 aliphatic heterocycles. The molecule has 1 saturated heterocycles. The Hall–Kier alpha value is -2.60. The summed E-state index contributed by atoms with van der Waals surface area (Å²) in [5.41, 5.74) is 3.19. The van der Waals surface area contributed by atoms with Gasteiger partial charge in [0.15, 0.2) is 0 Å². The van der Waals surface area contributed by atoms with Crippen molar-refractivity contribution in [3.05, 3.63) is 45.0 Å². The fraction of sp³-hybridized carbons (Fsp3) is 0.520. The van der Waals surface area contributed by atoms with Crippen LogP contribution in [0.1, 0.15) is 54.4 Å². The Morgan fingerprint density at radius 2 is 1.97 bits per heavy atom. The summed E-state index contributed by atoms with van der Waals surface area (Å²) in [5, 5.41) is 12.7. The molecule has 1 aliphatic carbocycles. The molecule has 3 aromatic rings. The van der Waals surface area contributed by atoms with Crippen molar-refractivity contribution >= 4 is 27.8 Å². The Balaban J connectivity index is 1.47. The molecule has 31 heavy (non-hydrogen) atoms. The summed E-state index contributed by atoms with van der Waals surface area (Å²) >= 11 is 0. The minimum Gasteiger partial charge on any atom is -0.464 e. The average molecular weight is 424 g/mol. The number of benzene rings is 1. The van der Waals surface area contributed by atoms with Crippen molar-refractivity contribution in [1.82, 2.24) is 4.90 Å². The van der Waals surface area contributed by atoms with Gasteiger partial charge in [0.25, 0.3) is 0 Å². The van der Waals surface area contributed by atoms with Crippen molar-refractivity contribution in [3.8, 4) is 0 Å². The third-order valence-corrected chi connectivity index (χ3v) is 7.64. The maximum atomic E-state index is 13.1. The van der Waals surface area contributed by atoms with E-state index < -0.39 is 11.2 Å². The first-order valence-electron chi connectivity index (χ1n) is 11.2. The molecule has 2 fully saturated rings. The van der Waals surface area contributed by atoms with Crippen molar-refractivity contribution in [2.45, 2.75) is 64.9 Å². The lowest BCUT2D eigenvalue weighted by Gasteiger charge is -2.47. The zero-order chi connectivity index (χ0) is 21.9. The molecule has 3 heterocycles. The molecule has 2 aliphatic rings. The SMILES string of the molecule is Cc1coc2c(C)c3oc(=O)c(CC(=O)N4CC[C@]5(O)CCCC[C@@H]5C4)c(C)c3cc12. The van der Waals surface area contributed by atoms with E-state index in [4.69, 9.17) is 8.83 Å². The number of carbonyl (C=O) groups excluding carboxylic acids is 1. The predicted octanol–water partition coefficient (Wildman–Crippen LogP) is 4.16. The van der Waals surface area contributed by atoms with E-state index in [0.717, 1.165) is 58.7 Å². The molecule has 1 saturated carbocycles. The number of aryl methyl sites for hydroxylation is 3. The van der Waals surface area contributed by atoms with E-state index in [2.05, 4.69) is 0 Å². The number of furan rings is 1. The molecule has 0 radical (unpaired) electrons. The van der Waals surface area contributed by atoms with Crippen LogP contribution in [-0.4, -0.2) is 34.6 Å². The summed E-state index contributed by atoms with van der Waals surface area (Å²) in [7, 11) is 0. The first kappa shape index (κ1) is 20.3. The number of aliphatic hydroxyl groups is 1. The Morgan fingerprint density at radius 1 is 1.16 bits per heavy atom. The standard InChI is InChI=1S/C25H29NO5/c1-14-13-30-22-16(3)23-19(10-18(14)22)15(2)20(24(28)31-23)11-21(27)26-9-8-25(29)7-5-4-6-17(25)12-26/h10,13,17,29H,4-9,11-12H2,1-3H3/t17-,25-/m1/s1. The van der Waals surface area contributed by atoms with Gasteiger partial charge in [0, 0.05) is 35.3 Å².